The molecule has 0 saturated heterocycles. The zero-order valence-corrected chi connectivity index (χ0v) is 11.6. The highest BCUT2D eigenvalue weighted by molar-refractivity contribution is 6.05. The average Bonchev–Trinajstić information content (AvgIpc) is 2.47. The lowest BCUT2D eigenvalue weighted by Crippen LogP contribution is -2.14. The fraction of sp³-hybridized carbons (Fsp3) is 0.200. The molecule has 5 heteroatoms. The van der Waals surface area contributed by atoms with E-state index in [0.717, 1.165) is 0 Å². The van der Waals surface area contributed by atoms with E-state index in [-0.39, 0.29) is 5.91 Å². The summed E-state index contributed by atoms with van der Waals surface area (Å²) >= 11 is 0. The summed E-state index contributed by atoms with van der Waals surface area (Å²) < 4.78 is 10.4. The summed E-state index contributed by atoms with van der Waals surface area (Å²) in [7, 11) is 3.12. The maximum absolute atomic E-state index is 12.3. The summed E-state index contributed by atoms with van der Waals surface area (Å²) in [5.41, 5.74) is 1.75. The third-order valence-electron chi connectivity index (χ3n) is 2.91. The Kier molecular flexibility index (Phi) is 4.20. The number of benzene rings is 1. The smallest absolute Gasteiger partial charge is 0.257 e. The van der Waals surface area contributed by atoms with Gasteiger partial charge in [0.25, 0.3) is 5.91 Å². The van der Waals surface area contributed by atoms with Gasteiger partial charge in [-0.05, 0) is 31.2 Å². The van der Waals surface area contributed by atoms with Gasteiger partial charge in [-0.15, -0.1) is 0 Å². The largest absolute Gasteiger partial charge is 0.497 e. The molecule has 1 aromatic carbocycles. The zero-order chi connectivity index (χ0) is 14.5. The van der Waals surface area contributed by atoms with Gasteiger partial charge in [0.05, 0.1) is 25.5 Å². The summed E-state index contributed by atoms with van der Waals surface area (Å²) in [4.78, 5) is 16.4. The van der Waals surface area contributed by atoms with Crippen molar-refractivity contribution in [1.29, 1.82) is 0 Å². The van der Waals surface area contributed by atoms with Gasteiger partial charge in [-0.2, -0.15) is 0 Å². The van der Waals surface area contributed by atoms with E-state index in [2.05, 4.69) is 10.3 Å². The van der Waals surface area contributed by atoms with Gasteiger partial charge < -0.3 is 14.8 Å². The van der Waals surface area contributed by atoms with E-state index in [1.54, 1.807) is 57.7 Å². The second kappa shape index (κ2) is 6.06. The van der Waals surface area contributed by atoms with E-state index in [9.17, 15) is 4.79 Å². The summed E-state index contributed by atoms with van der Waals surface area (Å²) in [5.74, 6) is 0.979. The summed E-state index contributed by atoms with van der Waals surface area (Å²) in [6.07, 6.45) is 1.65. The predicted octanol–water partition coefficient (Wildman–Crippen LogP) is 2.66. The minimum Gasteiger partial charge on any atom is -0.497 e. The molecule has 0 aliphatic rings. The van der Waals surface area contributed by atoms with Gasteiger partial charge in [-0.1, -0.05) is 0 Å². The van der Waals surface area contributed by atoms with E-state index in [0.29, 0.717) is 28.4 Å². The van der Waals surface area contributed by atoms with Gasteiger partial charge in [0.1, 0.15) is 11.5 Å². The molecule has 1 amide bonds. The van der Waals surface area contributed by atoms with Crippen LogP contribution >= 0.6 is 0 Å². The Morgan fingerprint density at radius 1 is 1.20 bits per heavy atom. The van der Waals surface area contributed by atoms with Crippen molar-refractivity contribution in [3.63, 3.8) is 0 Å². The summed E-state index contributed by atoms with van der Waals surface area (Å²) in [6.45, 7) is 1.79. The first-order chi connectivity index (χ1) is 9.65. The molecule has 1 aromatic heterocycles. The second-order valence-electron chi connectivity index (χ2n) is 4.16. The SMILES string of the molecule is COc1ccc(OC)c(NC(=O)c2cccnc2C)c1. The summed E-state index contributed by atoms with van der Waals surface area (Å²) in [5, 5.41) is 2.81. The van der Waals surface area contributed by atoms with Crippen LogP contribution in [0.5, 0.6) is 11.5 Å². The van der Waals surface area contributed by atoms with Gasteiger partial charge in [0, 0.05) is 18.0 Å². The monoisotopic (exact) mass is 272 g/mol. The number of nitrogens with zero attached hydrogens (tertiary/aromatic N) is 1. The molecule has 104 valence electrons. The molecule has 0 aliphatic carbocycles. The second-order valence-corrected chi connectivity index (χ2v) is 4.16. The van der Waals surface area contributed by atoms with Crippen molar-refractivity contribution in [3.05, 3.63) is 47.8 Å². The van der Waals surface area contributed by atoms with E-state index in [1.807, 2.05) is 0 Å². The van der Waals surface area contributed by atoms with Gasteiger partial charge in [0.2, 0.25) is 0 Å². The minimum atomic E-state index is -0.234. The Bertz CT molecular complexity index is 626. The fourth-order valence-corrected chi connectivity index (χ4v) is 1.83. The molecule has 20 heavy (non-hydrogen) atoms. The normalized spacial score (nSPS) is 9.95. The molecule has 1 heterocycles. The van der Waals surface area contributed by atoms with E-state index in [4.69, 9.17) is 9.47 Å². The lowest BCUT2D eigenvalue weighted by atomic mass is 10.2. The molecule has 2 aromatic rings. The first-order valence-corrected chi connectivity index (χ1v) is 6.10. The van der Waals surface area contributed by atoms with Gasteiger partial charge in [-0.25, -0.2) is 0 Å². The zero-order valence-electron chi connectivity index (χ0n) is 11.6. The Morgan fingerprint density at radius 3 is 2.65 bits per heavy atom. The highest BCUT2D eigenvalue weighted by Crippen LogP contribution is 2.29. The van der Waals surface area contributed by atoms with Gasteiger partial charge >= 0.3 is 0 Å². The van der Waals surface area contributed by atoms with Crippen LogP contribution in [0.3, 0.4) is 0 Å². The Labute approximate surface area is 117 Å². The lowest BCUT2D eigenvalue weighted by molar-refractivity contribution is 0.102. The molecule has 0 unspecified atom stereocenters. The number of methoxy groups -OCH3 is 2. The average molecular weight is 272 g/mol. The molecular formula is C15H16N2O3. The number of hydrogen-bond donors (Lipinski definition) is 1. The number of rotatable bonds is 4. The van der Waals surface area contributed by atoms with Crippen molar-refractivity contribution in [2.24, 2.45) is 0 Å². The van der Waals surface area contributed by atoms with Crippen molar-refractivity contribution in [3.8, 4) is 11.5 Å². The molecule has 1 N–H and O–H groups in total. The molecule has 2 rings (SSSR count). The molecule has 5 nitrogen and oxygen atoms in total. The third kappa shape index (κ3) is 2.88. The standard InChI is InChI=1S/C15H16N2O3/c1-10-12(5-4-8-16-10)15(18)17-13-9-11(19-2)6-7-14(13)20-3/h4-9H,1-3H3,(H,17,18). The van der Waals surface area contributed by atoms with E-state index in [1.165, 1.54) is 0 Å². The number of carbonyl (C=O) groups is 1. The van der Waals surface area contributed by atoms with Gasteiger partial charge in [0.15, 0.2) is 0 Å². The number of aryl methyl sites for hydroxylation is 1. The maximum atomic E-state index is 12.3. The van der Waals surface area contributed by atoms with Crippen molar-refractivity contribution in [1.82, 2.24) is 4.98 Å². The number of amides is 1. The van der Waals surface area contributed by atoms with E-state index < -0.39 is 0 Å². The number of nitrogens with one attached hydrogen (secondary N) is 1. The van der Waals surface area contributed by atoms with Crippen LogP contribution in [-0.4, -0.2) is 25.1 Å². The maximum Gasteiger partial charge on any atom is 0.257 e. The number of hydrogen-bond acceptors (Lipinski definition) is 4. The van der Waals surface area contributed by atoms with Crippen LogP contribution in [-0.2, 0) is 0 Å². The number of anilines is 1. The summed E-state index contributed by atoms with van der Waals surface area (Å²) in [6, 6.07) is 8.67. The topological polar surface area (TPSA) is 60.5 Å². The van der Waals surface area contributed by atoms with Crippen LogP contribution in [0.4, 0.5) is 5.69 Å². The number of ether oxygens (including phenoxy) is 2. The third-order valence-corrected chi connectivity index (χ3v) is 2.91. The van der Waals surface area contributed by atoms with Crippen molar-refractivity contribution < 1.29 is 14.3 Å². The lowest BCUT2D eigenvalue weighted by Gasteiger charge is -2.12. The molecule has 0 bridgehead atoms. The molecular weight excluding hydrogens is 256 g/mol. The van der Waals surface area contributed by atoms with Crippen LogP contribution in [0.15, 0.2) is 36.5 Å². The van der Waals surface area contributed by atoms with Crippen molar-refractivity contribution in [2.75, 3.05) is 19.5 Å². The number of aromatic nitrogens is 1. The number of carbonyl (C=O) groups excluding carboxylic acids is 1. The van der Waals surface area contributed by atoms with Crippen molar-refractivity contribution in [2.45, 2.75) is 6.92 Å². The Balaban J connectivity index is 2.29. The molecule has 0 fully saturated rings. The highest BCUT2D eigenvalue weighted by atomic mass is 16.5. The van der Waals surface area contributed by atoms with Crippen LogP contribution in [0.25, 0.3) is 0 Å². The Hall–Kier alpha value is -2.56. The van der Waals surface area contributed by atoms with Crippen LogP contribution in [0, 0.1) is 6.92 Å². The van der Waals surface area contributed by atoms with Gasteiger partial charge in [-0.3, -0.25) is 9.78 Å². The predicted molar refractivity (Wildman–Crippen MR) is 76.5 cm³/mol. The molecule has 0 atom stereocenters. The molecule has 0 radical (unpaired) electrons. The minimum absolute atomic E-state index is 0.234. The molecule has 0 spiro atoms. The Morgan fingerprint density at radius 2 is 2.00 bits per heavy atom. The van der Waals surface area contributed by atoms with E-state index >= 15 is 0 Å². The first-order valence-electron chi connectivity index (χ1n) is 6.10. The van der Waals surface area contributed by atoms with Crippen LogP contribution in [0.2, 0.25) is 0 Å². The van der Waals surface area contributed by atoms with Crippen LogP contribution < -0.4 is 14.8 Å². The molecule has 0 saturated carbocycles. The number of pyridine rings is 1. The quantitative estimate of drug-likeness (QED) is 0.929. The molecule has 0 aliphatic heterocycles. The first kappa shape index (κ1) is 13.9. The highest BCUT2D eigenvalue weighted by Gasteiger charge is 2.13. The fourth-order valence-electron chi connectivity index (χ4n) is 1.83. The van der Waals surface area contributed by atoms with Crippen LogP contribution in [0.1, 0.15) is 16.1 Å². The van der Waals surface area contributed by atoms with Crippen molar-refractivity contribution >= 4 is 11.6 Å².